The zero-order valence-electron chi connectivity index (χ0n) is 20.5. The van der Waals surface area contributed by atoms with Crippen molar-refractivity contribution in [3.63, 3.8) is 0 Å². The fourth-order valence-corrected chi connectivity index (χ4v) is 4.03. The van der Waals surface area contributed by atoms with Crippen molar-refractivity contribution in [2.45, 2.75) is 6.61 Å². The highest BCUT2D eigenvalue weighted by molar-refractivity contribution is 14.1. The van der Waals surface area contributed by atoms with E-state index in [1.807, 2.05) is 48.5 Å². The third-order valence-electron chi connectivity index (χ3n) is 5.29. The minimum absolute atomic E-state index is 0.373. The number of rotatable bonds is 13. The maximum Gasteiger partial charge on any atom is 0.163 e. The Kier molecular flexibility index (Phi) is 10.0. The van der Waals surface area contributed by atoms with Crippen molar-refractivity contribution >= 4 is 56.6 Å². The van der Waals surface area contributed by atoms with Crippen LogP contribution in [0.4, 0.5) is 11.5 Å². The van der Waals surface area contributed by atoms with Gasteiger partial charge in [-0.2, -0.15) is 0 Å². The van der Waals surface area contributed by atoms with Gasteiger partial charge in [0, 0.05) is 34.9 Å². The fourth-order valence-electron chi connectivity index (χ4n) is 3.43. The normalized spacial score (nSPS) is 10.9. The van der Waals surface area contributed by atoms with Gasteiger partial charge < -0.3 is 29.0 Å². The molecule has 1 aromatic heterocycles. The van der Waals surface area contributed by atoms with Gasteiger partial charge >= 0.3 is 0 Å². The number of benzene rings is 3. The molecule has 10 heteroatoms. The van der Waals surface area contributed by atoms with Gasteiger partial charge in [-0.1, -0.05) is 23.7 Å². The largest absolute Gasteiger partial charge is 0.487 e. The van der Waals surface area contributed by atoms with E-state index in [2.05, 4.69) is 37.9 Å². The summed E-state index contributed by atoms with van der Waals surface area (Å²) in [6.07, 6.45) is 1.50. The molecule has 0 fully saturated rings. The Hall–Kier alpha value is -2.86. The van der Waals surface area contributed by atoms with E-state index in [1.54, 1.807) is 20.3 Å². The minimum Gasteiger partial charge on any atom is -0.487 e. The fraction of sp³-hybridized carbons (Fsp3) is 0.259. The van der Waals surface area contributed by atoms with Gasteiger partial charge in [0.1, 0.15) is 37.7 Å². The number of anilines is 2. The number of halogens is 2. The summed E-state index contributed by atoms with van der Waals surface area (Å²) >= 11 is 8.80. The molecular formula is C27H27ClIN3O5. The van der Waals surface area contributed by atoms with E-state index in [0.717, 1.165) is 16.6 Å². The summed E-state index contributed by atoms with van der Waals surface area (Å²) in [4.78, 5) is 8.85. The molecule has 4 aromatic rings. The molecule has 0 radical (unpaired) electrons. The van der Waals surface area contributed by atoms with Crippen LogP contribution >= 0.6 is 34.2 Å². The van der Waals surface area contributed by atoms with Gasteiger partial charge in [0.05, 0.1) is 23.8 Å². The number of nitrogens with zero attached hydrogens (tertiary/aromatic N) is 2. The average molecular weight is 634 g/mol. The van der Waals surface area contributed by atoms with Gasteiger partial charge in [0.2, 0.25) is 0 Å². The van der Waals surface area contributed by atoms with Crippen LogP contribution in [0.2, 0.25) is 5.02 Å². The van der Waals surface area contributed by atoms with Gasteiger partial charge in [-0.25, -0.2) is 9.97 Å². The van der Waals surface area contributed by atoms with Crippen molar-refractivity contribution in [3.8, 4) is 17.2 Å². The number of nitrogens with one attached hydrogen (secondary N) is 1. The van der Waals surface area contributed by atoms with E-state index >= 15 is 0 Å². The third kappa shape index (κ3) is 7.57. The van der Waals surface area contributed by atoms with Gasteiger partial charge in [0.15, 0.2) is 11.5 Å². The minimum atomic E-state index is 0.373. The highest BCUT2D eigenvalue weighted by Gasteiger charge is 2.14. The first-order chi connectivity index (χ1) is 18.1. The van der Waals surface area contributed by atoms with Crippen LogP contribution < -0.4 is 19.5 Å². The highest BCUT2D eigenvalue weighted by atomic mass is 125. The molecule has 0 saturated heterocycles. The molecule has 0 aliphatic carbocycles. The monoisotopic (exact) mass is 633 g/mol. The first-order valence-corrected chi connectivity index (χ1v) is 13.0. The molecule has 194 valence electrons. The van der Waals surface area contributed by atoms with Gasteiger partial charge in [-0.15, -0.1) is 0 Å². The van der Waals surface area contributed by atoms with Crippen LogP contribution in [-0.2, 0) is 16.1 Å². The SMILES string of the molecule is COCCOc1cc2ncnc(Nc3ccc(OCc4ccc([125I])cc4)c(Cl)c3)c2cc1OCCOC. The van der Waals surface area contributed by atoms with E-state index in [0.29, 0.717) is 66.6 Å². The van der Waals surface area contributed by atoms with Gasteiger partial charge in [-0.05, 0) is 64.6 Å². The van der Waals surface area contributed by atoms with Crippen LogP contribution in [0.3, 0.4) is 0 Å². The molecular weight excluding hydrogens is 607 g/mol. The van der Waals surface area contributed by atoms with E-state index in [1.165, 1.54) is 9.90 Å². The Morgan fingerprint density at radius 1 is 0.784 bits per heavy atom. The number of hydrogen-bond acceptors (Lipinski definition) is 8. The summed E-state index contributed by atoms with van der Waals surface area (Å²) in [5.74, 6) is 2.34. The standard InChI is InChI=1S/C27H27ClIN3O5/c1-33-9-11-35-25-14-21-23(15-26(25)36-12-10-34-2)30-17-31-27(21)32-20-7-8-24(22(28)13-20)37-16-18-3-5-19(29)6-4-18/h3-8,13-15,17H,9-12,16H2,1-2H3,(H,30,31,32)/i29-2. The number of methoxy groups -OCH3 is 2. The van der Waals surface area contributed by atoms with Crippen LogP contribution in [0.5, 0.6) is 17.2 Å². The second-order valence-corrected chi connectivity index (χ2v) is 9.56. The van der Waals surface area contributed by atoms with Crippen LogP contribution in [0.25, 0.3) is 10.9 Å². The van der Waals surface area contributed by atoms with E-state index < -0.39 is 0 Å². The highest BCUT2D eigenvalue weighted by Crippen LogP contribution is 2.36. The maximum atomic E-state index is 6.53. The van der Waals surface area contributed by atoms with E-state index in [-0.39, 0.29) is 0 Å². The van der Waals surface area contributed by atoms with E-state index in [9.17, 15) is 0 Å². The molecule has 8 nitrogen and oxygen atoms in total. The molecule has 0 bridgehead atoms. The van der Waals surface area contributed by atoms with Crippen LogP contribution in [0.15, 0.2) is 60.9 Å². The van der Waals surface area contributed by atoms with Crippen LogP contribution in [0, 0.1) is 3.57 Å². The smallest absolute Gasteiger partial charge is 0.163 e. The lowest BCUT2D eigenvalue weighted by Crippen LogP contribution is -2.09. The molecule has 0 aliphatic heterocycles. The number of aromatic nitrogens is 2. The molecule has 0 unspecified atom stereocenters. The Morgan fingerprint density at radius 2 is 1.49 bits per heavy atom. The molecule has 1 N–H and O–H groups in total. The summed E-state index contributed by atoms with van der Waals surface area (Å²) < 4.78 is 29.1. The molecule has 1 heterocycles. The maximum absolute atomic E-state index is 6.53. The second-order valence-electron chi connectivity index (χ2n) is 7.91. The Morgan fingerprint density at radius 3 is 2.16 bits per heavy atom. The van der Waals surface area contributed by atoms with Crippen molar-refractivity contribution in [2.24, 2.45) is 0 Å². The lowest BCUT2D eigenvalue weighted by molar-refractivity contribution is 0.132. The number of ether oxygens (including phenoxy) is 5. The molecule has 3 aromatic carbocycles. The van der Waals surface area contributed by atoms with E-state index in [4.69, 9.17) is 35.3 Å². The lowest BCUT2D eigenvalue weighted by atomic mass is 10.2. The number of hydrogen-bond donors (Lipinski definition) is 1. The lowest BCUT2D eigenvalue weighted by Gasteiger charge is -2.15. The Labute approximate surface area is 234 Å². The van der Waals surface area contributed by atoms with Gasteiger partial charge in [0.25, 0.3) is 0 Å². The van der Waals surface area contributed by atoms with Crippen molar-refractivity contribution < 1.29 is 23.7 Å². The van der Waals surface area contributed by atoms with Gasteiger partial charge in [-0.3, -0.25) is 0 Å². The molecule has 4 rings (SSSR count). The summed E-state index contributed by atoms with van der Waals surface area (Å²) in [5, 5.41) is 4.59. The van der Waals surface area contributed by atoms with Crippen LogP contribution in [-0.4, -0.2) is 50.6 Å². The summed E-state index contributed by atoms with van der Waals surface area (Å²) in [5.41, 5.74) is 2.53. The van der Waals surface area contributed by atoms with Crippen molar-refractivity contribution in [1.29, 1.82) is 0 Å². The number of fused-ring (bicyclic) bond motifs is 1. The molecule has 0 atom stereocenters. The Balaban J connectivity index is 1.53. The zero-order chi connectivity index (χ0) is 26.0. The summed E-state index contributed by atoms with van der Waals surface area (Å²) in [6, 6.07) is 17.4. The summed E-state index contributed by atoms with van der Waals surface area (Å²) in [7, 11) is 3.25. The molecule has 37 heavy (non-hydrogen) atoms. The van der Waals surface area contributed by atoms with Crippen molar-refractivity contribution in [2.75, 3.05) is 46.0 Å². The Bertz CT molecular complexity index is 1320. The predicted molar refractivity (Wildman–Crippen MR) is 153 cm³/mol. The summed E-state index contributed by atoms with van der Waals surface area (Å²) in [6.45, 7) is 2.09. The molecule has 0 amide bonds. The van der Waals surface area contributed by atoms with Crippen molar-refractivity contribution in [3.05, 3.63) is 75.1 Å². The second kappa shape index (κ2) is 13.6. The average Bonchev–Trinajstić information content (AvgIpc) is 2.90. The predicted octanol–water partition coefficient (Wildman–Crippen LogP) is 6.26. The van der Waals surface area contributed by atoms with Crippen molar-refractivity contribution in [1.82, 2.24) is 9.97 Å². The first-order valence-electron chi connectivity index (χ1n) is 11.5. The molecule has 0 spiro atoms. The quantitative estimate of drug-likeness (QED) is 0.137. The topological polar surface area (TPSA) is 84.0 Å². The molecule has 0 aliphatic rings. The molecule has 0 saturated carbocycles. The van der Waals surface area contributed by atoms with Crippen LogP contribution in [0.1, 0.15) is 5.56 Å². The zero-order valence-corrected chi connectivity index (χ0v) is 23.4. The first kappa shape index (κ1) is 27.2. The third-order valence-corrected chi connectivity index (χ3v) is 6.31.